The minimum absolute atomic E-state index is 0.00498. The zero-order valence-corrected chi connectivity index (χ0v) is 20.0. The number of fused-ring (bicyclic) bond motifs is 1. The molecule has 0 spiro atoms. The van der Waals surface area contributed by atoms with E-state index < -0.39 is 23.3 Å². The molecule has 0 saturated heterocycles. The molecule has 2 aromatic heterocycles. The fourth-order valence-corrected chi connectivity index (χ4v) is 4.34. The summed E-state index contributed by atoms with van der Waals surface area (Å²) in [5, 5.41) is 9.00. The fourth-order valence-electron chi connectivity index (χ4n) is 3.41. The number of hydrogen-bond donors (Lipinski definition) is 1. The van der Waals surface area contributed by atoms with Crippen LogP contribution in [0.25, 0.3) is 16.5 Å². The Morgan fingerprint density at radius 1 is 1.17 bits per heavy atom. The van der Waals surface area contributed by atoms with Gasteiger partial charge in [-0.15, -0.1) is 11.3 Å². The van der Waals surface area contributed by atoms with Crippen LogP contribution in [-0.2, 0) is 4.74 Å². The average Bonchev–Trinajstić information content (AvgIpc) is 3.23. The van der Waals surface area contributed by atoms with E-state index in [0.717, 1.165) is 22.1 Å². The smallest absolute Gasteiger partial charge is 0.359 e. The Balaban J connectivity index is 1.78. The minimum atomic E-state index is -0.737. The van der Waals surface area contributed by atoms with E-state index in [0.29, 0.717) is 11.3 Å². The molecule has 2 heterocycles. The summed E-state index contributed by atoms with van der Waals surface area (Å²) in [6.07, 6.45) is -0.00498. The Kier molecular flexibility index (Phi) is 6.92. The standard InChI is InChI=1S/C25H22FN3O5S/c1-4-33-25(32)21-19-13-35-23(27-22(30)15-8-10-18(11-9-15)34-14(2)3)20(19)24(31)29(28-21)17-7-5-6-16(26)12-17/h5-14H,4H2,1-3H3,(H,27,30). The number of nitrogens with zero attached hydrogens (tertiary/aromatic N) is 2. The number of rotatable bonds is 7. The molecular weight excluding hydrogens is 473 g/mol. The zero-order chi connectivity index (χ0) is 25.1. The van der Waals surface area contributed by atoms with E-state index in [1.165, 1.54) is 18.2 Å². The van der Waals surface area contributed by atoms with Gasteiger partial charge in [-0.1, -0.05) is 6.07 Å². The van der Waals surface area contributed by atoms with Gasteiger partial charge in [-0.3, -0.25) is 9.59 Å². The summed E-state index contributed by atoms with van der Waals surface area (Å²) in [7, 11) is 0. The molecule has 4 rings (SSSR count). The number of ether oxygens (including phenoxy) is 2. The van der Waals surface area contributed by atoms with Crippen molar-refractivity contribution in [1.29, 1.82) is 0 Å². The van der Waals surface area contributed by atoms with E-state index in [-0.39, 0.29) is 39.9 Å². The van der Waals surface area contributed by atoms with Crippen LogP contribution in [0.1, 0.15) is 41.6 Å². The molecule has 0 aliphatic rings. The first-order valence-corrected chi connectivity index (χ1v) is 11.7. The number of aromatic nitrogens is 2. The van der Waals surface area contributed by atoms with E-state index in [2.05, 4.69) is 10.4 Å². The van der Waals surface area contributed by atoms with E-state index in [1.807, 2.05) is 13.8 Å². The molecule has 0 bridgehead atoms. The van der Waals surface area contributed by atoms with Crippen molar-refractivity contribution >= 4 is 39.0 Å². The minimum Gasteiger partial charge on any atom is -0.491 e. The normalized spacial score (nSPS) is 11.0. The van der Waals surface area contributed by atoms with Gasteiger partial charge in [-0.05, 0) is 63.2 Å². The molecule has 180 valence electrons. The van der Waals surface area contributed by atoms with Crippen LogP contribution in [-0.4, -0.2) is 34.4 Å². The van der Waals surface area contributed by atoms with Crippen LogP contribution < -0.4 is 15.6 Å². The van der Waals surface area contributed by atoms with Crippen LogP contribution in [0, 0.1) is 5.82 Å². The monoisotopic (exact) mass is 495 g/mol. The number of nitrogens with one attached hydrogen (secondary N) is 1. The summed E-state index contributed by atoms with van der Waals surface area (Å²) in [5.41, 5.74) is -0.243. The highest BCUT2D eigenvalue weighted by atomic mass is 32.1. The van der Waals surface area contributed by atoms with Crippen molar-refractivity contribution in [2.24, 2.45) is 0 Å². The van der Waals surface area contributed by atoms with Gasteiger partial charge < -0.3 is 14.8 Å². The Bertz CT molecular complexity index is 1460. The van der Waals surface area contributed by atoms with Crippen LogP contribution in [0.4, 0.5) is 9.39 Å². The topological polar surface area (TPSA) is 99.5 Å². The summed E-state index contributed by atoms with van der Waals surface area (Å²) in [5.74, 6) is -1.13. The first kappa shape index (κ1) is 24.1. The van der Waals surface area contributed by atoms with E-state index in [1.54, 1.807) is 36.6 Å². The third-order valence-corrected chi connectivity index (χ3v) is 5.78. The lowest BCUT2D eigenvalue weighted by atomic mass is 10.2. The first-order chi connectivity index (χ1) is 16.8. The van der Waals surface area contributed by atoms with Gasteiger partial charge in [0.2, 0.25) is 0 Å². The number of thiophene rings is 1. The second kappa shape index (κ2) is 10.1. The van der Waals surface area contributed by atoms with Crippen LogP contribution in [0.3, 0.4) is 0 Å². The average molecular weight is 496 g/mol. The predicted octanol–water partition coefficient (Wildman–Crippen LogP) is 4.80. The van der Waals surface area contributed by atoms with Crippen LogP contribution in [0.5, 0.6) is 5.75 Å². The second-order valence-electron chi connectivity index (χ2n) is 7.76. The Hall–Kier alpha value is -4.05. The lowest BCUT2D eigenvalue weighted by molar-refractivity contribution is 0.0520. The highest BCUT2D eigenvalue weighted by Gasteiger charge is 2.23. The molecule has 2 aromatic carbocycles. The Morgan fingerprint density at radius 3 is 2.57 bits per heavy atom. The molecule has 35 heavy (non-hydrogen) atoms. The molecule has 0 aliphatic carbocycles. The van der Waals surface area contributed by atoms with Crippen molar-refractivity contribution in [2.75, 3.05) is 11.9 Å². The maximum absolute atomic E-state index is 13.9. The highest BCUT2D eigenvalue weighted by molar-refractivity contribution is 7.16. The van der Waals surface area contributed by atoms with Gasteiger partial charge in [0.25, 0.3) is 11.5 Å². The number of halogens is 1. The third-order valence-electron chi connectivity index (χ3n) is 4.89. The van der Waals surface area contributed by atoms with Gasteiger partial charge in [-0.25, -0.2) is 9.18 Å². The van der Waals surface area contributed by atoms with Crippen molar-refractivity contribution < 1.29 is 23.5 Å². The molecule has 1 amide bonds. The lowest BCUT2D eigenvalue weighted by Crippen LogP contribution is -2.25. The maximum atomic E-state index is 13.9. The molecular formula is C25H22FN3O5S. The van der Waals surface area contributed by atoms with Gasteiger partial charge in [0.15, 0.2) is 5.69 Å². The number of benzene rings is 2. The van der Waals surface area contributed by atoms with Gasteiger partial charge in [0, 0.05) is 16.3 Å². The molecule has 4 aromatic rings. The molecule has 0 unspecified atom stereocenters. The number of carbonyl (C=O) groups excluding carboxylic acids is 2. The number of amides is 1. The van der Waals surface area contributed by atoms with Gasteiger partial charge in [0.05, 0.1) is 23.8 Å². The molecule has 0 aliphatic heterocycles. The summed E-state index contributed by atoms with van der Waals surface area (Å²) < 4.78 is 25.5. The molecule has 1 N–H and O–H groups in total. The second-order valence-corrected chi connectivity index (χ2v) is 8.64. The first-order valence-electron chi connectivity index (χ1n) is 10.8. The van der Waals surface area contributed by atoms with Crippen LogP contribution in [0.15, 0.2) is 58.7 Å². The van der Waals surface area contributed by atoms with Gasteiger partial charge in [0.1, 0.15) is 16.6 Å². The van der Waals surface area contributed by atoms with Crippen molar-refractivity contribution in [3.63, 3.8) is 0 Å². The van der Waals surface area contributed by atoms with Crippen molar-refractivity contribution in [3.05, 3.63) is 81.3 Å². The van der Waals surface area contributed by atoms with Crippen molar-refractivity contribution in [1.82, 2.24) is 9.78 Å². The van der Waals surface area contributed by atoms with Crippen molar-refractivity contribution in [3.8, 4) is 11.4 Å². The molecule has 0 radical (unpaired) electrons. The number of hydrogen-bond acceptors (Lipinski definition) is 7. The lowest BCUT2D eigenvalue weighted by Gasteiger charge is -2.11. The molecule has 0 saturated carbocycles. The predicted molar refractivity (Wildman–Crippen MR) is 131 cm³/mol. The maximum Gasteiger partial charge on any atom is 0.359 e. The van der Waals surface area contributed by atoms with E-state index in [9.17, 15) is 18.8 Å². The quantitative estimate of drug-likeness (QED) is 0.370. The number of carbonyl (C=O) groups is 2. The molecule has 0 atom stereocenters. The number of esters is 1. The summed E-state index contributed by atoms with van der Waals surface area (Å²) in [6, 6.07) is 11.9. The highest BCUT2D eigenvalue weighted by Crippen LogP contribution is 2.31. The summed E-state index contributed by atoms with van der Waals surface area (Å²) >= 11 is 1.08. The molecule has 0 fully saturated rings. The van der Waals surface area contributed by atoms with E-state index in [4.69, 9.17) is 9.47 Å². The van der Waals surface area contributed by atoms with E-state index >= 15 is 0 Å². The largest absolute Gasteiger partial charge is 0.491 e. The van der Waals surface area contributed by atoms with Crippen LogP contribution in [0.2, 0.25) is 0 Å². The summed E-state index contributed by atoms with van der Waals surface area (Å²) in [6.45, 7) is 5.55. The fraction of sp³-hybridized carbons (Fsp3) is 0.200. The Labute approximate surface area is 203 Å². The molecule has 10 heteroatoms. The van der Waals surface area contributed by atoms with Gasteiger partial charge >= 0.3 is 5.97 Å². The van der Waals surface area contributed by atoms with Crippen molar-refractivity contribution in [2.45, 2.75) is 26.9 Å². The number of anilines is 1. The van der Waals surface area contributed by atoms with Crippen LogP contribution >= 0.6 is 11.3 Å². The van der Waals surface area contributed by atoms with Gasteiger partial charge in [-0.2, -0.15) is 9.78 Å². The third kappa shape index (κ3) is 5.07. The SMILES string of the molecule is CCOC(=O)c1nn(-c2cccc(F)c2)c(=O)c2c(NC(=O)c3ccc(OC(C)C)cc3)scc12. The summed E-state index contributed by atoms with van der Waals surface area (Å²) in [4.78, 5) is 38.9. The molecule has 8 nitrogen and oxygen atoms in total. The Morgan fingerprint density at radius 2 is 1.91 bits per heavy atom. The zero-order valence-electron chi connectivity index (χ0n) is 19.2.